The number of benzene rings is 2. The predicted octanol–water partition coefficient (Wildman–Crippen LogP) is 5.82. The Hall–Kier alpha value is -5.98. The van der Waals surface area contributed by atoms with E-state index < -0.39 is 18.2 Å². The molecule has 6 heterocycles. The van der Waals surface area contributed by atoms with E-state index in [9.17, 15) is 14.4 Å². The fourth-order valence-electron chi connectivity index (χ4n) is 7.75. The number of hydrogen-bond donors (Lipinski definition) is 3. The summed E-state index contributed by atoms with van der Waals surface area (Å²) in [6.45, 7) is 1.10. The Morgan fingerprint density at radius 2 is 1.44 bits per heavy atom. The molecule has 0 unspecified atom stereocenters. The number of imidazole rings is 2. The number of amides is 3. The van der Waals surface area contributed by atoms with Gasteiger partial charge in [0.2, 0.25) is 6.40 Å². The van der Waals surface area contributed by atoms with Gasteiger partial charge in [-0.15, -0.1) is 0 Å². The molecule has 2 aliphatic heterocycles. The molecule has 2 aliphatic rings. The normalized spacial score (nSPS) is 17.4. The van der Waals surface area contributed by atoms with Crippen molar-refractivity contribution in [2.75, 3.05) is 27.3 Å². The fourth-order valence-corrected chi connectivity index (χ4v) is 7.75. The maximum Gasteiger partial charge on any atom is 0.407 e. The van der Waals surface area contributed by atoms with E-state index in [0.29, 0.717) is 54.4 Å². The molecule has 4 aromatic heterocycles. The number of aromatic amines is 2. The van der Waals surface area contributed by atoms with E-state index in [2.05, 4.69) is 30.1 Å². The number of carbonyl (C=O) groups is 3. The van der Waals surface area contributed by atoms with Gasteiger partial charge in [0.25, 0.3) is 11.8 Å². The second-order valence-corrected chi connectivity index (χ2v) is 14.0. The number of carbonyl (C=O) groups excluding carboxylic acids is 3. The van der Waals surface area contributed by atoms with E-state index in [-0.39, 0.29) is 50.9 Å². The van der Waals surface area contributed by atoms with Crippen LogP contribution in [0, 0.1) is 0 Å². The van der Waals surface area contributed by atoms with Crippen molar-refractivity contribution in [3.8, 4) is 0 Å². The number of alkyl carbamates (subject to hydrolysis) is 1. The molecule has 6 aromatic rings. The Bertz CT molecular complexity index is 2410. The molecule has 8 rings (SSSR count). The number of hydrogen-bond acceptors (Lipinski definition) is 11. The van der Waals surface area contributed by atoms with Crippen LogP contribution in [0.4, 0.5) is 4.79 Å². The summed E-state index contributed by atoms with van der Waals surface area (Å²) in [5.74, 6) is 0.918. The van der Waals surface area contributed by atoms with Crippen molar-refractivity contribution < 1.29 is 28.9 Å². The van der Waals surface area contributed by atoms with Crippen molar-refractivity contribution >= 4 is 73.6 Å². The van der Waals surface area contributed by atoms with Gasteiger partial charge in [-0.3, -0.25) is 9.59 Å². The molecule has 3 amide bonds. The second-order valence-electron chi connectivity index (χ2n) is 14.0. The number of methoxy groups -OCH3 is 1. The molecular weight excluding hydrogens is 793 g/mol. The van der Waals surface area contributed by atoms with E-state index in [1.165, 1.54) is 14.2 Å². The molecule has 4 atom stereocenters. The molecule has 0 aliphatic carbocycles. The van der Waals surface area contributed by atoms with Crippen LogP contribution in [0.15, 0.2) is 90.1 Å². The van der Waals surface area contributed by atoms with Gasteiger partial charge in [0.05, 0.1) is 37.3 Å². The molecule has 59 heavy (non-hydrogen) atoms. The topological polar surface area (TPSA) is 193 Å². The van der Waals surface area contributed by atoms with Crippen molar-refractivity contribution in [3.05, 3.63) is 119 Å². The van der Waals surface area contributed by atoms with Crippen molar-refractivity contribution in [2.24, 2.45) is 4.99 Å². The molecule has 18 heteroatoms. The summed E-state index contributed by atoms with van der Waals surface area (Å²) in [6.07, 6.45) is 5.82. The monoisotopic (exact) mass is 838 g/mol. The summed E-state index contributed by atoms with van der Waals surface area (Å²) in [4.78, 5) is 83.6. The number of H-pyrrole nitrogens is 2. The quantitative estimate of drug-likeness (QED) is 0.0586. The summed E-state index contributed by atoms with van der Waals surface area (Å²) in [5, 5.41) is 2.70. The first-order valence-corrected chi connectivity index (χ1v) is 18.9. The molecule has 3 N–H and O–H groups in total. The molecule has 0 saturated carbocycles. The van der Waals surface area contributed by atoms with E-state index in [1.54, 1.807) is 11.1 Å². The lowest BCUT2D eigenvalue weighted by Gasteiger charge is -2.28. The Labute approximate surface area is 354 Å². The highest BCUT2D eigenvalue weighted by Gasteiger charge is 2.38. The average Bonchev–Trinajstić information content (AvgIpc) is 4.07. The zero-order valence-corrected chi connectivity index (χ0v) is 34.5. The highest BCUT2D eigenvalue weighted by Crippen LogP contribution is 2.36. The third kappa shape index (κ3) is 9.19. The molecule has 0 radical (unpaired) electrons. The first-order chi connectivity index (χ1) is 27.9. The first-order valence-electron chi connectivity index (χ1n) is 18.9. The van der Waals surface area contributed by atoms with Crippen LogP contribution in [-0.2, 0) is 30.5 Å². The third-order valence-electron chi connectivity index (χ3n) is 10.4. The molecule has 0 spiro atoms. The lowest BCUT2D eigenvalue weighted by molar-refractivity contribution is -0.188. The first kappa shape index (κ1) is 42.6. The average molecular weight is 839 g/mol. The number of aliphatic imine (C=N–C) groups is 1. The number of rotatable bonds is 12. The summed E-state index contributed by atoms with van der Waals surface area (Å²) in [7, 11) is 2.65. The Morgan fingerprint density at radius 3 is 2.10 bits per heavy atom. The fraction of sp³-hybridized carbons (Fsp3) is 0.317. The lowest BCUT2D eigenvalue weighted by atomic mass is 10.1. The smallest absolute Gasteiger partial charge is 0.407 e. The minimum absolute atomic E-state index is 0. The van der Waals surface area contributed by atoms with Gasteiger partial charge >= 0.3 is 6.09 Å². The van der Waals surface area contributed by atoms with Crippen LogP contribution in [0.2, 0.25) is 0 Å². The van der Waals surface area contributed by atoms with Crippen molar-refractivity contribution in [3.63, 3.8) is 0 Å². The predicted molar refractivity (Wildman–Crippen MR) is 229 cm³/mol. The van der Waals surface area contributed by atoms with E-state index in [1.807, 2.05) is 83.8 Å². The molecule has 16 nitrogen and oxygen atoms in total. The largest absolute Gasteiger partial charge is 0.453 e. The number of aromatic nitrogens is 6. The molecule has 308 valence electrons. The number of pyridine rings is 2. The number of nitrogens with one attached hydrogen (secondary N) is 3. The van der Waals surface area contributed by atoms with Gasteiger partial charge < -0.3 is 34.7 Å². The van der Waals surface area contributed by atoms with Gasteiger partial charge in [-0.05, 0) is 60.6 Å². The number of likely N-dealkylation sites (tertiary alicyclic amines) is 2. The zero-order valence-electron chi connectivity index (χ0n) is 32.5. The summed E-state index contributed by atoms with van der Waals surface area (Å²) in [6, 6.07) is 22.1. The highest BCUT2D eigenvalue weighted by atomic mass is 32.1. The van der Waals surface area contributed by atoms with Crippen LogP contribution in [0.5, 0.6) is 0 Å². The molecule has 2 saturated heterocycles. The minimum atomic E-state index is -0.904. The van der Waals surface area contributed by atoms with Gasteiger partial charge in [0, 0.05) is 31.4 Å². The van der Waals surface area contributed by atoms with Crippen LogP contribution in [0.1, 0.15) is 83.9 Å². The molecule has 2 aromatic carbocycles. The van der Waals surface area contributed by atoms with Crippen molar-refractivity contribution in [2.45, 2.75) is 56.3 Å². The Morgan fingerprint density at radius 1 is 0.814 bits per heavy atom. The Balaban J connectivity index is 0.00000293. The van der Waals surface area contributed by atoms with E-state index in [0.717, 1.165) is 53.5 Å². The minimum Gasteiger partial charge on any atom is -0.453 e. The number of nitrogens with zero attached hydrogens (tertiary/aromatic N) is 7. The van der Waals surface area contributed by atoms with Crippen LogP contribution < -0.4 is 5.32 Å². The summed E-state index contributed by atoms with van der Waals surface area (Å²) < 4.78 is 4.83. The highest BCUT2D eigenvalue weighted by molar-refractivity contribution is 7.59. The van der Waals surface area contributed by atoms with Gasteiger partial charge in [-0.25, -0.2) is 29.7 Å². The Kier molecular flexibility index (Phi) is 13.9. The van der Waals surface area contributed by atoms with Crippen LogP contribution in [0.3, 0.4) is 0 Å². The molecular formula is C41H46N10O6S2. The van der Waals surface area contributed by atoms with Crippen LogP contribution >= 0.6 is 27.0 Å². The number of fused-ring (bicyclic) bond motifs is 2. The van der Waals surface area contributed by atoms with E-state index >= 15 is 0 Å². The third-order valence-corrected chi connectivity index (χ3v) is 10.4. The van der Waals surface area contributed by atoms with Gasteiger partial charge in [0.1, 0.15) is 17.7 Å². The second kappa shape index (κ2) is 19.2. The van der Waals surface area contributed by atoms with E-state index in [4.69, 9.17) is 24.6 Å². The van der Waals surface area contributed by atoms with Crippen LogP contribution in [-0.4, -0.2) is 91.3 Å². The summed E-state index contributed by atoms with van der Waals surface area (Å²) in [5.41, 5.74) is 5.76. The standard InChI is InChI=1S/C41H42N10O6.2H2S/c1-55-41(54)47-34(27-13-7-4-8-14-27)40(53)51-20-10-15-31(51)37-45-29-18-17-28(44-36(29)49-37)21-25-22-30-35(42-23-25)48-38(46-30)32-16-9-19-50(32)39(52)33(43-24-57-56-2)26-11-5-3-6-12-26;;/h3-8,11-14,17-18,22-24,31-34H,9-10,15-16,19-21H2,1-2H3,(H,47,54)(H,42,46,48)(H,44,45,49);2*1H2/t31-,32-,33+,34+;;/m0../s1. The van der Waals surface area contributed by atoms with Crippen molar-refractivity contribution in [1.29, 1.82) is 0 Å². The van der Waals surface area contributed by atoms with Crippen molar-refractivity contribution in [1.82, 2.24) is 45.0 Å². The van der Waals surface area contributed by atoms with Gasteiger partial charge in [-0.1, -0.05) is 60.7 Å². The SMILES string of the molecule is COOC=N[C@@H](C(=O)N1CCC[C@H]1c1nc2ncc(Cc3ccc4[nH]c([C@@H]5CCCN5C(=O)[C@H](NC(=O)OC)c5ccccc5)nc4n3)cc2[nH]1)c1ccccc1.S.S. The maximum atomic E-state index is 13.9. The number of ether oxygens (including phenoxy) is 1. The lowest BCUT2D eigenvalue weighted by Crippen LogP contribution is -2.42. The summed E-state index contributed by atoms with van der Waals surface area (Å²) >= 11 is 0. The van der Waals surface area contributed by atoms with Gasteiger partial charge in [0.15, 0.2) is 17.3 Å². The van der Waals surface area contributed by atoms with Crippen LogP contribution in [0.25, 0.3) is 22.3 Å². The molecule has 2 fully saturated rings. The zero-order chi connectivity index (χ0) is 39.3. The van der Waals surface area contributed by atoms with Gasteiger partial charge in [-0.2, -0.15) is 31.9 Å². The maximum absolute atomic E-state index is 13.9. The molecule has 0 bridgehead atoms.